The lowest BCUT2D eigenvalue weighted by Gasteiger charge is -2.18. The topological polar surface area (TPSA) is 46.2 Å². The van der Waals surface area contributed by atoms with Crippen LogP contribution in [0.4, 0.5) is 0 Å². The fourth-order valence-electron chi connectivity index (χ4n) is 2.29. The van der Waals surface area contributed by atoms with Crippen molar-refractivity contribution < 1.29 is 8.42 Å². The minimum absolute atomic E-state index is 0.327. The van der Waals surface area contributed by atoms with E-state index < -0.39 is 9.84 Å². The molecule has 2 unspecified atom stereocenters. The Labute approximate surface area is 99.2 Å². The summed E-state index contributed by atoms with van der Waals surface area (Å²) in [5.41, 5.74) is 1.28. The molecule has 0 aromatic rings. The summed E-state index contributed by atoms with van der Waals surface area (Å²) in [6, 6.07) is 0.327. The van der Waals surface area contributed by atoms with E-state index in [1.54, 1.807) is 0 Å². The number of likely N-dealkylation sites (N-methyl/N-ethyl adjacent to an activating group) is 1. The zero-order valence-electron chi connectivity index (χ0n) is 10.5. The van der Waals surface area contributed by atoms with Gasteiger partial charge >= 0.3 is 0 Å². The van der Waals surface area contributed by atoms with Crippen LogP contribution in [0.5, 0.6) is 0 Å². The lowest BCUT2D eigenvalue weighted by atomic mass is 9.98. The van der Waals surface area contributed by atoms with Crippen LogP contribution < -0.4 is 5.32 Å². The highest BCUT2D eigenvalue weighted by molar-refractivity contribution is 7.91. The SMILES string of the molecule is CCNC(C=C(C)C)CC1CCS(=O)(=O)C1. The molecule has 4 heteroatoms. The van der Waals surface area contributed by atoms with E-state index in [0.29, 0.717) is 23.5 Å². The van der Waals surface area contributed by atoms with Gasteiger partial charge in [0, 0.05) is 6.04 Å². The first-order chi connectivity index (χ1) is 7.43. The Hall–Kier alpha value is -0.350. The van der Waals surface area contributed by atoms with Crippen LogP contribution in [0.15, 0.2) is 11.6 Å². The Morgan fingerprint density at radius 2 is 2.19 bits per heavy atom. The van der Waals surface area contributed by atoms with E-state index in [1.165, 1.54) is 5.57 Å². The van der Waals surface area contributed by atoms with Gasteiger partial charge in [-0.05, 0) is 39.2 Å². The third-order valence-electron chi connectivity index (χ3n) is 2.91. The van der Waals surface area contributed by atoms with Gasteiger partial charge < -0.3 is 5.32 Å². The smallest absolute Gasteiger partial charge is 0.150 e. The van der Waals surface area contributed by atoms with E-state index >= 15 is 0 Å². The van der Waals surface area contributed by atoms with Crippen molar-refractivity contribution in [1.82, 2.24) is 5.32 Å². The van der Waals surface area contributed by atoms with Gasteiger partial charge in [-0.1, -0.05) is 18.6 Å². The van der Waals surface area contributed by atoms with E-state index in [-0.39, 0.29) is 0 Å². The second-order valence-electron chi connectivity index (χ2n) is 4.91. The second-order valence-corrected chi connectivity index (χ2v) is 7.14. The molecule has 1 N–H and O–H groups in total. The van der Waals surface area contributed by atoms with Gasteiger partial charge in [-0.25, -0.2) is 8.42 Å². The molecule has 16 heavy (non-hydrogen) atoms. The maximum absolute atomic E-state index is 11.4. The van der Waals surface area contributed by atoms with Crippen molar-refractivity contribution in [1.29, 1.82) is 0 Å². The average molecular weight is 245 g/mol. The van der Waals surface area contributed by atoms with Crippen LogP contribution in [0, 0.1) is 5.92 Å². The Morgan fingerprint density at radius 3 is 2.62 bits per heavy atom. The molecule has 1 saturated heterocycles. The summed E-state index contributed by atoms with van der Waals surface area (Å²) in [5.74, 6) is 1.10. The van der Waals surface area contributed by atoms with Crippen LogP contribution in [0.3, 0.4) is 0 Å². The highest BCUT2D eigenvalue weighted by atomic mass is 32.2. The third kappa shape index (κ3) is 4.66. The van der Waals surface area contributed by atoms with E-state index in [0.717, 1.165) is 19.4 Å². The minimum Gasteiger partial charge on any atom is -0.311 e. The van der Waals surface area contributed by atoms with Gasteiger partial charge in [0.05, 0.1) is 11.5 Å². The number of sulfone groups is 1. The number of rotatable bonds is 5. The number of allylic oxidation sites excluding steroid dienone is 1. The van der Waals surface area contributed by atoms with Gasteiger partial charge in [0.1, 0.15) is 0 Å². The molecule has 0 aliphatic carbocycles. The molecule has 1 heterocycles. The quantitative estimate of drug-likeness (QED) is 0.751. The van der Waals surface area contributed by atoms with Crippen molar-refractivity contribution in [2.75, 3.05) is 18.1 Å². The maximum Gasteiger partial charge on any atom is 0.150 e. The van der Waals surface area contributed by atoms with Crippen LogP contribution in [-0.2, 0) is 9.84 Å². The summed E-state index contributed by atoms with van der Waals surface area (Å²) in [5, 5.41) is 3.40. The molecule has 1 rings (SSSR count). The third-order valence-corrected chi connectivity index (χ3v) is 4.75. The van der Waals surface area contributed by atoms with Crippen molar-refractivity contribution >= 4 is 9.84 Å². The zero-order chi connectivity index (χ0) is 12.2. The molecule has 3 nitrogen and oxygen atoms in total. The summed E-state index contributed by atoms with van der Waals surface area (Å²) in [7, 11) is -2.73. The highest BCUT2D eigenvalue weighted by Gasteiger charge is 2.28. The number of hydrogen-bond acceptors (Lipinski definition) is 3. The van der Waals surface area contributed by atoms with Crippen LogP contribution >= 0.6 is 0 Å². The van der Waals surface area contributed by atoms with Gasteiger partial charge in [-0.15, -0.1) is 0 Å². The van der Waals surface area contributed by atoms with Crippen LogP contribution in [0.2, 0.25) is 0 Å². The first-order valence-electron chi connectivity index (χ1n) is 6.02. The first-order valence-corrected chi connectivity index (χ1v) is 7.84. The molecule has 0 radical (unpaired) electrons. The molecule has 1 aliphatic rings. The molecule has 0 bridgehead atoms. The van der Waals surface area contributed by atoms with E-state index in [2.05, 4.69) is 32.2 Å². The van der Waals surface area contributed by atoms with Gasteiger partial charge in [-0.3, -0.25) is 0 Å². The fraction of sp³-hybridized carbons (Fsp3) is 0.833. The summed E-state index contributed by atoms with van der Waals surface area (Å²) >= 11 is 0. The summed E-state index contributed by atoms with van der Waals surface area (Å²) < 4.78 is 22.7. The molecule has 0 amide bonds. The molecule has 1 aliphatic heterocycles. The normalized spacial score (nSPS) is 25.3. The standard InChI is InChI=1S/C12H23NO2S/c1-4-13-12(7-10(2)3)8-11-5-6-16(14,15)9-11/h7,11-13H,4-6,8-9H2,1-3H3. The fourth-order valence-corrected chi connectivity index (χ4v) is 4.17. The Bertz CT molecular complexity index is 342. The summed E-state index contributed by atoms with van der Waals surface area (Å²) in [4.78, 5) is 0. The van der Waals surface area contributed by atoms with Crippen molar-refractivity contribution in [2.24, 2.45) is 5.92 Å². The maximum atomic E-state index is 11.4. The Balaban J connectivity index is 2.53. The molecule has 0 saturated carbocycles. The van der Waals surface area contributed by atoms with E-state index in [1.807, 2.05) is 0 Å². The van der Waals surface area contributed by atoms with Crippen molar-refractivity contribution in [3.63, 3.8) is 0 Å². The summed E-state index contributed by atoms with van der Waals surface area (Å²) in [6.07, 6.45) is 3.98. The molecule has 2 atom stereocenters. The first kappa shape index (κ1) is 13.7. The van der Waals surface area contributed by atoms with E-state index in [9.17, 15) is 8.42 Å². The number of hydrogen-bond donors (Lipinski definition) is 1. The molecular weight excluding hydrogens is 222 g/mol. The molecular formula is C12H23NO2S. The molecule has 0 aromatic carbocycles. The van der Waals surface area contributed by atoms with Crippen molar-refractivity contribution in [3.05, 3.63) is 11.6 Å². The molecule has 0 spiro atoms. The zero-order valence-corrected chi connectivity index (χ0v) is 11.3. The minimum atomic E-state index is -2.73. The summed E-state index contributed by atoms with van der Waals surface area (Å²) in [6.45, 7) is 7.16. The largest absolute Gasteiger partial charge is 0.311 e. The Kier molecular flexibility index (Phi) is 4.99. The second kappa shape index (κ2) is 5.82. The Morgan fingerprint density at radius 1 is 1.50 bits per heavy atom. The predicted octanol–water partition coefficient (Wildman–Crippen LogP) is 1.76. The number of nitrogens with one attached hydrogen (secondary N) is 1. The van der Waals surface area contributed by atoms with Crippen LogP contribution in [0.1, 0.15) is 33.6 Å². The van der Waals surface area contributed by atoms with Gasteiger partial charge in [0.15, 0.2) is 9.84 Å². The van der Waals surface area contributed by atoms with Gasteiger partial charge in [0.25, 0.3) is 0 Å². The van der Waals surface area contributed by atoms with Gasteiger partial charge in [0.2, 0.25) is 0 Å². The highest BCUT2D eigenvalue weighted by Crippen LogP contribution is 2.23. The molecule has 0 aromatic heterocycles. The average Bonchev–Trinajstić information content (AvgIpc) is 2.44. The van der Waals surface area contributed by atoms with Gasteiger partial charge in [-0.2, -0.15) is 0 Å². The van der Waals surface area contributed by atoms with Crippen LogP contribution in [-0.4, -0.2) is 32.5 Å². The van der Waals surface area contributed by atoms with Crippen molar-refractivity contribution in [2.45, 2.75) is 39.7 Å². The predicted molar refractivity (Wildman–Crippen MR) is 68.3 cm³/mol. The monoisotopic (exact) mass is 245 g/mol. The molecule has 94 valence electrons. The van der Waals surface area contributed by atoms with Crippen molar-refractivity contribution in [3.8, 4) is 0 Å². The molecule has 1 fully saturated rings. The lowest BCUT2D eigenvalue weighted by Crippen LogP contribution is -2.29. The van der Waals surface area contributed by atoms with Crippen LogP contribution in [0.25, 0.3) is 0 Å². The lowest BCUT2D eigenvalue weighted by molar-refractivity contribution is 0.459. The van der Waals surface area contributed by atoms with E-state index in [4.69, 9.17) is 0 Å².